The number of carbonyl (C=O) groups is 1. The van der Waals surface area contributed by atoms with Crippen molar-refractivity contribution in [3.05, 3.63) is 47.7 Å². The molecular weight excluding hydrogens is 462 g/mol. The number of ether oxygens (including phenoxy) is 3. The van der Waals surface area contributed by atoms with E-state index in [0.29, 0.717) is 23.5 Å². The minimum atomic E-state index is -0.800. The van der Waals surface area contributed by atoms with Crippen molar-refractivity contribution in [1.29, 1.82) is 0 Å². The molecule has 1 aromatic heterocycles. The standard InChI is InChI=1S/C22H29ClN3O3S.C2H6O/c1-3-4-5-9-15-28-20-19(24-30-25-20)18-13-10-14-26(2,16-18)21(29-22(23)27)17-11-7-6-8-12-17;1-3-2/h6-8,11-13,21H,3-5,9-10,14-16H2,1-2H3;1-2H3/q+1;. The predicted octanol–water partition coefficient (Wildman–Crippen LogP) is 6.07. The Morgan fingerprint density at radius 1 is 1.18 bits per heavy atom. The molecule has 1 aromatic carbocycles. The Balaban J connectivity index is 0.00000122. The van der Waals surface area contributed by atoms with Gasteiger partial charge in [-0.1, -0.05) is 50.5 Å². The van der Waals surface area contributed by atoms with Gasteiger partial charge >= 0.3 is 5.43 Å². The summed E-state index contributed by atoms with van der Waals surface area (Å²) in [4.78, 5) is 11.6. The van der Waals surface area contributed by atoms with Gasteiger partial charge in [-0.3, -0.25) is 4.48 Å². The molecular formula is C24H35ClN3O4S+. The lowest BCUT2D eigenvalue weighted by atomic mass is 10.0. The molecule has 2 atom stereocenters. The van der Waals surface area contributed by atoms with Gasteiger partial charge in [0.15, 0.2) is 0 Å². The highest BCUT2D eigenvalue weighted by atomic mass is 35.5. The van der Waals surface area contributed by atoms with Gasteiger partial charge in [-0.15, -0.1) is 4.37 Å². The summed E-state index contributed by atoms with van der Waals surface area (Å²) in [5.74, 6) is 0.599. The largest absolute Gasteiger partial charge is 0.475 e. The number of halogens is 1. The summed E-state index contributed by atoms with van der Waals surface area (Å²) < 4.78 is 25.1. The summed E-state index contributed by atoms with van der Waals surface area (Å²) in [6.07, 6.45) is 7.11. The highest BCUT2D eigenvalue weighted by Crippen LogP contribution is 2.37. The normalized spacial score (nSPS) is 18.5. The molecule has 7 nitrogen and oxygen atoms in total. The monoisotopic (exact) mass is 496 g/mol. The number of quaternary nitrogens is 1. The Hall–Kier alpha value is -2.00. The average Bonchev–Trinajstić information content (AvgIpc) is 3.27. The summed E-state index contributed by atoms with van der Waals surface area (Å²) in [5.41, 5.74) is 1.97. The molecule has 0 amide bonds. The molecule has 2 heterocycles. The van der Waals surface area contributed by atoms with Crippen molar-refractivity contribution < 1.29 is 23.5 Å². The fourth-order valence-electron chi connectivity index (χ4n) is 3.87. The Bertz CT molecular complexity index is 878. The molecule has 0 radical (unpaired) electrons. The van der Waals surface area contributed by atoms with Crippen molar-refractivity contribution in [3.63, 3.8) is 0 Å². The van der Waals surface area contributed by atoms with Crippen molar-refractivity contribution >= 4 is 34.3 Å². The van der Waals surface area contributed by atoms with E-state index < -0.39 is 11.7 Å². The van der Waals surface area contributed by atoms with Gasteiger partial charge in [-0.05, 0) is 18.6 Å². The zero-order chi connectivity index (χ0) is 24.1. The number of likely N-dealkylation sites (N-methyl/N-ethyl adjacent to an activating group) is 1. The van der Waals surface area contributed by atoms with Crippen LogP contribution in [0.5, 0.6) is 5.88 Å². The summed E-state index contributed by atoms with van der Waals surface area (Å²) in [6, 6.07) is 9.73. The smallest absolute Gasteiger partial charge is 0.408 e. The summed E-state index contributed by atoms with van der Waals surface area (Å²) in [7, 11) is 5.33. The maximum Gasteiger partial charge on any atom is 0.408 e. The number of unbranched alkanes of at least 4 members (excludes halogenated alkanes) is 3. The zero-order valence-corrected chi connectivity index (χ0v) is 21.5. The summed E-state index contributed by atoms with van der Waals surface area (Å²) in [5, 5.41) is 0. The molecule has 182 valence electrons. The molecule has 2 unspecified atom stereocenters. The Labute approximate surface area is 206 Å². The van der Waals surface area contributed by atoms with Crippen molar-refractivity contribution in [3.8, 4) is 5.88 Å². The van der Waals surface area contributed by atoms with Crippen LogP contribution in [0.25, 0.3) is 5.57 Å². The van der Waals surface area contributed by atoms with Crippen molar-refractivity contribution in [1.82, 2.24) is 8.75 Å². The van der Waals surface area contributed by atoms with Crippen LogP contribution in [0.3, 0.4) is 0 Å². The molecule has 0 spiro atoms. The lowest BCUT2D eigenvalue weighted by molar-refractivity contribution is -0.953. The quantitative estimate of drug-likeness (QED) is 0.226. The van der Waals surface area contributed by atoms with Crippen LogP contribution in [0.1, 0.15) is 56.5 Å². The Morgan fingerprint density at radius 2 is 1.91 bits per heavy atom. The second-order valence-electron chi connectivity index (χ2n) is 8.23. The van der Waals surface area contributed by atoms with Crippen molar-refractivity contribution in [2.75, 3.05) is 41.0 Å². The first-order valence-electron chi connectivity index (χ1n) is 11.2. The molecule has 0 bridgehead atoms. The summed E-state index contributed by atoms with van der Waals surface area (Å²) in [6.45, 7) is 4.30. The molecule has 0 N–H and O–H groups in total. The van der Waals surface area contributed by atoms with Crippen molar-refractivity contribution in [2.45, 2.75) is 45.3 Å². The van der Waals surface area contributed by atoms with E-state index in [1.54, 1.807) is 14.2 Å². The van der Waals surface area contributed by atoms with E-state index >= 15 is 0 Å². The maximum atomic E-state index is 11.6. The number of aromatic nitrogens is 2. The number of carbonyl (C=O) groups excluding carboxylic acids is 1. The summed E-state index contributed by atoms with van der Waals surface area (Å²) >= 11 is 6.80. The lowest BCUT2D eigenvalue weighted by Gasteiger charge is -2.42. The van der Waals surface area contributed by atoms with E-state index in [0.717, 1.165) is 54.4 Å². The number of hydrogen-bond acceptors (Lipinski definition) is 7. The third-order valence-corrected chi connectivity index (χ3v) is 6.02. The van der Waals surface area contributed by atoms with Gasteiger partial charge in [-0.2, -0.15) is 4.37 Å². The highest BCUT2D eigenvalue weighted by molar-refractivity contribution is 6.99. The zero-order valence-electron chi connectivity index (χ0n) is 20.0. The number of hydrogen-bond donors (Lipinski definition) is 0. The number of benzene rings is 1. The van der Waals surface area contributed by atoms with Gasteiger partial charge in [-0.25, -0.2) is 4.79 Å². The van der Waals surface area contributed by atoms with E-state index in [1.165, 1.54) is 12.8 Å². The van der Waals surface area contributed by atoms with Gasteiger partial charge in [0, 0.05) is 37.8 Å². The van der Waals surface area contributed by atoms with Gasteiger partial charge in [0.1, 0.15) is 12.2 Å². The third kappa shape index (κ3) is 8.37. The number of rotatable bonds is 10. The van der Waals surface area contributed by atoms with Gasteiger partial charge in [0.05, 0.1) is 37.5 Å². The van der Waals surface area contributed by atoms with Gasteiger partial charge in [0.2, 0.25) is 0 Å². The highest BCUT2D eigenvalue weighted by Gasteiger charge is 2.40. The second-order valence-corrected chi connectivity index (χ2v) is 9.07. The molecule has 0 saturated carbocycles. The Morgan fingerprint density at radius 3 is 2.58 bits per heavy atom. The molecule has 0 fully saturated rings. The first-order valence-corrected chi connectivity index (χ1v) is 12.4. The molecule has 0 aliphatic carbocycles. The van der Waals surface area contributed by atoms with Crippen LogP contribution >= 0.6 is 23.3 Å². The van der Waals surface area contributed by atoms with E-state index in [2.05, 4.69) is 33.5 Å². The fraction of sp³-hybridized carbons (Fsp3) is 0.542. The topological polar surface area (TPSA) is 70.5 Å². The molecule has 1 aliphatic heterocycles. The lowest BCUT2D eigenvalue weighted by Crippen LogP contribution is -2.51. The Kier molecular flexibility index (Phi) is 11.8. The maximum absolute atomic E-state index is 11.6. The number of methoxy groups -OCH3 is 1. The molecule has 33 heavy (non-hydrogen) atoms. The van der Waals surface area contributed by atoms with Gasteiger partial charge in [0.25, 0.3) is 12.1 Å². The average molecular weight is 497 g/mol. The van der Waals surface area contributed by atoms with Gasteiger partial charge < -0.3 is 14.2 Å². The molecule has 0 saturated heterocycles. The molecule has 2 aromatic rings. The SMILES string of the molecule is CCCCCCOc1nsnc1C1=CCC[N+](C)(C(OC(=O)Cl)c2ccccc2)C1.COC. The van der Waals surface area contributed by atoms with Crippen LogP contribution in [-0.2, 0) is 9.47 Å². The van der Waals surface area contributed by atoms with E-state index in [1.807, 2.05) is 30.3 Å². The van der Waals surface area contributed by atoms with E-state index in [9.17, 15) is 4.79 Å². The minimum absolute atomic E-state index is 0.488. The van der Waals surface area contributed by atoms with Crippen LogP contribution in [0.4, 0.5) is 4.79 Å². The number of nitrogens with zero attached hydrogens (tertiary/aromatic N) is 3. The fourth-order valence-corrected chi connectivity index (χ4v) is 4.48. The molecule has 9 heteroatoms. The van der Waals surface area contributed by atoms with Crippen molar-refractivity contribution in [2.24, 2.45) is 0 Å². The second kappa shape index (κ2) is 14.3. The third-order valence-electron chi connectivity index (χ3n) is 5.42. The van der Waals surface area contributed by atoms with Crippen LogP contribution in [0.2, 0.25) is 0 Å². The molecule has 3 rings (SSSR count). The predicted molar refractivity (Wildman–Crippen MR) is 133 cm³/mol. The van der Waals surface area contributed by atoms with Crippen LogP contribution < -0.4 is 4.74 Å². The van der Waals surface area contributed by atoms with Crippen LogP contribution in [-0.4, -0.2) is 59.6 Å². The van der Waals surface area contributed by atoms with E-state index in [4.69, 9.17) is 21.1 Å². The van der Waals surface area contributed by atoms with E-state index in [-0.39, 0.29) is 0 Å². The first kappa shape index (κ1) is 27.2. The van der Waals surface area contributed by atoms with Crippen LogP contribution in [0, 0.1) is 0 Å². The first-order chi connectivity index (χ1) is 15.9. The minimum Gasteiger partial charge on any atom is -0.475 e. The molecule has 1 aliphatic rings. The van der Waals surface area contributed by atoms with Crippen LogP contribution in [0.15, 0.2) is 36.4 Å².